The number of hydrogen-bond donors (Lipinski definition) is 2. The minimum atomic E-state index is -0.843. The number of nitrogens with one attached hydrogen (secondary N) is 1. The summed E-state index contributed by atoms with van der Waals surface area (Å²) in [5.74, 6) is -1.10. The van der Waals surface area contributed by atoms with Gasteiger partial charge in [0, 0.05) is 13.0 Å². The Morgan fingerprint density at radius 3 is 2.72 bits per heavy atom. The van der Waals surface area contributed by atoms with Crippen LogP contribution in [-0.4, -0.2) is 33.1 Å². The Hall–Kier alpha value is -1.50. The standard InChI is InChI=1S/C11H17N3O3S/c1-3-7(5-9(15)16)6-12-11(17)10-8(4-2)13-14-18-10/h7H,3-6H2,1-2H3,(H,12,17)(H,15,16). The molecule has 0 saturated carbocycles. The Morgan fingerprint density at radius 2 is 2.17 bits per heavy atom. The molecule has 0 aliphatic rings. The van der Waals surface area contributed by atoms with Crippen LogP contribution in [0.3, 0.4) is 0 Å². The summed E-state index contributed by atoms with van der Waals surface area (Å²) < 4.78 is 3.75. The van der Waals surface area contributed by atoms with Crippen molar-refractivity contribution in [1.82, 2.24) is 14.9 Å². The van der Waals surface area contributed by atoms with Crippen LogP contribution in [-0.2, 0) is 11.2 Å². The Bertz CT molecular complexity index is 419. The first kappa shape index (κ1) is 14.6. The Morgan fingerprint density at radius 1 is 1.44 bits per heavy atom. The van der Waals surface area contributed by atoms with Gasteiger partial charge in [0.1, 0.15) is 4.88 Å². The number of hydrogen-bond acceptors (Lipinski definition) is 5. The average molecular weight is 271 g/mol. The zero-order valence-electron chi connectivity index (χ0n) is 10.5. The number of nitrogens with zero attached hydrogens (tertiary/aromatic N) is 2. The second-order valence-electron chi connectivity index (χ2n) is 3.98. The van der Waals surface area contributed by atoms with Gasteiger partial charge in [-0.25, -0.2) is 0 Å². The van der Waals surface area contributed by atoms with Crippen LogP contribution in [0, 0.1) is 5.92 Å². The molecule has 1 amide bonds. The maximum atomic E-state index is 11.9. The lowest BCUT2D eigenvalue weighted by Crippen LogP contribution is -2.30. The third-order valence-corrected chi connectivity index (χ3v) is 3.46. The van der Waals surface area contributed by atoms with Crippen LogP contribution in [0.25, 0.3) is 0 Å². The van der Waals surface area contributed by atoms with Gasteiger partial charge in [0.25, 0.3) is 5.91 Å². The molecule has 0 aromatic carbocycles. The summed E-state index contributed by atoms with van der Waals surface area (Å²) in [7, 11) is 0. The smallest absolute Gasteiger partial charge is 0.303 e. The topological polar surface area (TPSA) is 92.2 Å². The largest absolute Gasteiger partial charge is 0.481 e. The van der Waals surface area contributed by atoms with Crippen LogP contribution in [0.4, 0.5) is 0 Å². The lowest BCUT2D eigenvalue weighted by Gasteiger charge is -2.12. The van der Waals surface area contributed by atoms with Crippen molar-refractivity contribution in [1.29, 1.82) is 0 Å². The number of carbonyl (C=O) groups excluding carboxylic acids is 1. The number of carboxylic acid groups (broad SMARTS) is 1. The van der Waals surface area contributed by atoms with Crippen molar-refractivity contribution in [2.45, 2.75) is 33.1 Å². The summed E-state index contributed by atoms with van der Waals surface area (Å²) in [6.07, 6.45) is 1.44. The first-order valence-corrected chi connectivity index (χ1v) is 6.67. The summed E-state index contributed by atoms with van der Waals surface area (Å²) in [5.41, 5.74) is 0.684. The quantitative estimate of drug-likeness (QED) is 0.780. The maximum absolute atomic E-state index is 11.9. The Labute approximate surface area is 110 Å². The number of aromatic nitrogens is 2. The van der Waals surface area contributed by atoms with Crippen molar-refractivity contribution in [2.24, 2.45) is 5.92 Å². The van der Waals surface area contributed by atoms with Gasteiger partial charge < -0.3 is 10.4 Å². The first-order valence-electron chi connectivity index (χ1n) is 5.89. The molecular weight excluding hydrogens is 254 g/mol. The number of carbonyl (C=O) groups is 2. The number of amides is 1. The molecule has 2 N–H and O–H groups in total. The van der Waals surface area contributed by atoms with Gasteiger partial charge >= 0.3 is 5.97 Å². The molecule has 1 atom stereocenters. The minimum Gasteiger partial charge on any atom is -0.481 e. The van der Waals surface area contributed by atoms with Gasteiger partial charge in [-0.15, -0.1) is 5.10 Å². The molecule has 0 fully saturated rings. The van der Waals surface area contributed by atoms with E-state index in [9.17, 15) is 9.59 Å². The van der Waals surface area contributed by atoms with Crippen LogP contribution in [0.15, 0.2) is 0 Å². The van der Waals surface area contributed by atoms with E-state index in [-0.39, 0.29) is 18.2 Å². The Kier molecular flexibility index (Phi) is 5.70. The summed E-state index contributed by atoms with van der Waals surface area (Å²) in [6.45, 7) is 4.18. The van der Waals surface area contributed by atoms with Gasteiger partial charge in [-0.1, -0.05) is 24.8 Å². The molecule has 1 heterocycles. The van der Waals surface area contributed by atoms with Gasteiger partial charge in [-0.2, -0.15) is 0 Å². The van der Waals surface area contributed by atoms with E-state index < -0.39 is 5.97 Å². The normalized spacial score (nSPS) is 12.1. The predicted molar refractivity (Wildman–Crippen MR) is 67.7 cm³/mol. The van der Waals surface area contributed by atoms with E-state index in [1.807, 2.05) is 13.8 Å². The van der Waals surface area contributed by atoms with E-state index in [0.717, 1.165) is 11.5 Å². The van der Waals surface area contributed by atoms with Gasteiger partial charge in [-0.3, -0.25) is 9.59 Å². The van der Waals surface area contributed by atoms with Crippen molar-refractivity contribution in [2.75, 3.05) is 6.54 Å². The predicted octanol–water partition coefficient (Wildman–Crippen LogP) is 1.33. The van der Waals surface area contributed by atoms with Crippen molar-refractivity contribution in [3.63, 3.8) is 0 Å². The van der Waals surface area contributed by atoms with E-state index in [1.54, 1.807) is 0 Å². The van der Waals surface area contributed by atoms with Crippen LogP contribution in [0.5, 0.6) is 0 Å². The zero-order chi connectivity index (χ0) is 13.5. The summed E-state index contributed by atoms with van der Waals surface area (Å²) in [6, 6.07) is 0. The Balaban J connectivity index is 2.52. The van der Waals surface area contributed by atoms with Crippen LogP contribution in [0.1, 0.15) is 42.1 Å². The number of carboxylic acids is 1. The van der Waals surface area contributed by atoms with E-state index in [0.29, 0.717) is 30.0 Å². The highest BCUT2D eigenvalue weighted by atomic mass is 32.1. The molecule has 0 aliphatic carbocycles. The zero-order valence-corrected chi connectivity index (χ0v) is 11.3. The highest BCUT2D eigenvalue weighted by Crippen LogP contribution is 2.12. The minimum absolute atomic E-state index is 0.0441. The molecule has 6 nitrogen and oxygen atoms in total. The third-order valence-electron chi connectivity index (χ3n) is 2.69. The SMILES string of the molecule is CCc1nnsc1C(=O)NCC(CC)CC(=O)O. The first-order chi connectivity index (χ1) is 8.58. The molecule has 0 radical (unpaired) electrons. The molecule has 1 rings (SSSR count). The van der Waals surface area contributed by atoms with Crippen molar-refractivity contribution >= 4 is 23.4 Å². The number of aliphatic carboxylic acids is 1. The van der Waals surface area contributed by atoms with Crippen molar-refractivity contribution in [3.8, 4) is 0 Å². The van der Waals surface area contributed by atoms with E-state index in [1.165, 1.54) is 0 Å². The maximum Gasteiger partial charge on any atom is 0.303 e. The second-order valence-corrected chi connectivity index (χ2v) is 4.74. The van der Waals surface area contributed by atoms with E-state index >= 15 is 0 Å². The highest BCUT2D eigenvalue weighted by molar-refractivity contribution is 7.08. The van der Waals surface area contributed by atoms with Crippen molar-refractivity contribution in [3.05, 3.63) is 10.6 Å². The molecule has 0 bridgehead atoms. The monoisotopic (exact) mass is 271 g/mol. The molecular formula is C11H17N3O3S. The fraction of sp³-hybridized carbons (Fsp3) is 0.636. The second kappa shape index (κ2) is 7.05. The average Bonchev–Trinajstić information content (AvgIpc) is 2.81. The third kappa shape index (κ3) is 4.06. The number of aryl methyl sites for hydroxylation is 1. The van der Waals surface area contributed by atoms with Gasteiger partial charge in [-0.05, 0) is 23.9 Å². The molecule has 1 unspecified atom stereocenters. The lowest BCUT2D eigenvalue weighted by molar-refractivity contribution is -0.138. The van der Waals surface area contributed by atoms with Crippen LogP contribution in [0.2, 0.25) is 0 Å². The summed E-state index contributed by atoms with van der Waals surface area (Å²) >= 11 is 1.07. The highest BCUT2D eigenvalue weighted by Gasteiger charge is 2.17. The fourth-order valence-electron chi connectivity index (χ4n) is 1.54. The summed E-state index contributed by atoms with van der Waals surface area (Å²) in [5, 5.41) is 15.3. The van der Waals surface area contributed by atoms with E-state index in [2.05, 4.69) is 14.9 Å². The fourth-order valence-corrected chi connectivity index (χ4v) is 2.20. The van der Waals surface area contributed by atoms with Crippen molar-refractivity contribution < 1.29 is 14.7 Å². The van der Waals surface area contributed by atoms with Crippen LogP contribution < -0.4 is 5.32 Å². The molecule has 0 spiro atoms. The summed E-state index contributed by atoms with van der Waals surface area (Å²) in [4.78, 5) is 23.0. The van der Waals surface area contributed by atoms with Gasteiger partial charge in [0.15, 0.2) is 0 Å². The molecule has 100 valence electrons. The lowest BCUT2D eigenvalue weighted by atomic mass is 10.0. The van der Waals surface area contributed by atoms with Gasteiger partial charge in [0.2, 0.25) is 0 Å². The van der Waals surface area contributed by atoms with Crippen LogP contribution >= 0.6 is 11.5 Å². The molecule has 0 aliphatic heterocycles. The molecule has 0 saturated heterocycles. The molecule has 7 heteroatoms. The molecule has 18 heavy (non-hydrogen) atoms. The van der Waals surface area contributed by atoms with Gasteiger partial charge in [0.05, 0.1) is 5.69 Å². The molecule has 1 aromatic heterocycles. The van der Waals surface area contributed by atoms with E-state index in [4.69, 9.17) is 5.11 Å². The number of rotatable bonds is 7. The molecule has 1 aromatic rings.